The number of esters is 1. The van der Waals surface area contributed by atoms with Gasteiger partial charge >= 0.3 is 18.0 Å². The molecule has 0 saturated carbocycles. The van der Waals surface area contributed by atoms with Crippen LogP contribution in [0.15, 0.2) is 6.20 Å². The molecular weight excluding hydrogens is 285 g/mol. The maximum Gasteiger partial charge on any atom is 0.573 e. The molecule has 0 saturated heterocycles. The van der Waals surface area contributed by atoms with Crippen molar-refractivity contribution in [2.45, 2.75) is 20.2 Å². The molecule has 7 nitrogen and oxygen atoms in total. The van der Waals surface area contributed by atoms with Gasteiger partial charge in [-0.3, -0.25) is 10.1 Å². The first kappa shape index (κ1) is 15.7. The summed E-state index contributed by atoms with van der Waals surface area (Å²) >= 11 is 0. The van der Waals surface area contributed by atoms with Crippen LogP contribution in [0.5, 0.6) is 5.75 Å². The monoisotopic (exact) mass is 294 g/mol. The van der Waals surface area contributed by atoms with Crippen molar-refractivity contribution in [1.29, 1.82) is 0 Å². The Morgan fingerprint density at radius 2 is 2.10 bits per heavy atom. The highest BCUT2D eigenvalue weighted by Crippen LogP contribution is 2.36. The summed E-state index contributed by atoms with van der Waals surface area (Å²) in [7, 11) is 0. The zero-order valence-corrected chi connectivity index (χ0v) is 10.4. The Morgan fingerprint density at radius 1 is 1.50 bits per heavy atom. The summed E-state index contributed by atoms with van der Waals surface area (Å²) < 4.78 is 45.0. The van der Waals surface area contributed by atoms with E-state index in [4.69, 9.17) is 0 Å². The lowest BCUT2D eigenvalue weighted by atomic mass is 10.2. The molecule has 20 heavy (non-hydrogen) atoms. The Morgan fingerprint density at radius 3 is 2.55 bits per heavy atom. The smallest absolute Gasteiger partial charge is 0.461 e. The van der Waals surface area contributed by atoms with Crippen molar-refractivity contribution in [2.24, 2.45) is 0 Å². The largest absolute Gasteiger partial charge is 0.573 e. The Kier molecular flexibility index (Phi) is 4.48. The zero-order valence-electron chi connectivity index (χ0n) is 10.4. The van der Waals surface area contributed by atoms with E-state index in [0.29, 0.717) is 0 Å². The number of carbonyl (C=O) groups excluding carboxylic acids is 1. The highest BCUT2D eigenvalue weighted by Gasteiger charge is 2.39. The predicted molar refractivity (Wildman–Crippen MR) is 58.3 cm³/mol. The van der Waals surface area contributed by atoms with Gasteiger partial charge in [0.1, 0.15) is 0 Å². The lowest BCUT2D eigenvalue weighted by Gasteiger charge is -2.12. The van der Waals surface area contributed by atoms with Gasteiger partial charge < -0.3 is 9.47 Å². The molecule has 110 valence electrons. The molecule has 0 atom stereocenters. The van der Waals surface area contributed by atoms with E-state index in [-0.39, 0.29) is 12.2 Å². The molecule has 0 aliphatic heterocycles. The van der Waals surface area contributed by atoms with Crippen molar-refractivity contribution in [3.05, 3.63) is 27.6 Å². The molecule has 1 rings (SSSR count). The fourth-order valence-corrected chi connectivity index (χ4v) is 1.36. The summed E-state index contributed by atoms with van der Waals surface area (Å²) in [5.74, 6) is -2.52. The number of pyridine rings is 1. The van der Waals surface area contributed by atoms with Crippen LogP contribution in [-0.2, 0) is 4.74 Å². The molecule has 0 radical (unpaired) electrons. The second kappa shape index (κ2) is 5.72. The van der Waals surface area contributed by atoms with Crippen LogP contribution in [0.2, 0.25) is 0 Å². The second-order valence-corrected chi connectivity index (χ2v) is 3.49. The van der Waals surface area contributed by atoms with Crippen LogP contribution in [0.1, 0.15) is 23.0 Å². The third-order valence-corrected chi connectivity index (χ3v) is 2.06. The number of rotatable bonds is 4. The predicted octanol–water partition coefficient (Wildman–Crippen LogP) is 2.37. The number of aryl methyl sites for hydroxylation is 1. The third kappa shape index (κ3) is 3.56. The van der Waals surface area contributed by atoms with Crippen LogP contribution < -0.4 is 4.74 Å². The first-order valence-corrected chi connectivity index (χ1v) is 5.24. The fourth-order valence-electron chi connectivity index (χ4n) is 1.36. The number of aromatic nitrogens is 1. The fraction of sp³-hybridized carbons (Fsp3) is 0.400. The summed E-state index contributed by atoms with van der Waals surface area (Å²) in [5, 5.41) is 10.8. The molecule has 1 heterocycles. The van der Waals surface area contributed by atoms with Gasteiger partial charge in [-0.2, -0.15) is 0 Å². The normalized spacial score (nSPS) is 11.1. The van der Waals surface area contributed by atoms with E-state index in [1.54, 1.807) is 0 Å². The average Bonchev–Trinajstić information content (AvgIpc) is 2.26. The van der Waals surface area contributed by atoms with E-state index in [1.165, 1.54) is 13.8 Å². The molecule has 0 amide bonds. The summed E-state index contributed by atoms with van der Waals surface area (Å²) in [6, 6.07) is 0. The minimum absolute atomic E-state index is 0.131. The molecule has 0 N–H and O–H groups in total. The van der Waals surface area contributed by atoms with Gasteiger partial charge in [-0.25, -0.2) is 9.78 Å². The number of nitrogens with zero attached hydrogens (tertiary/aromatic N) is 2. The number of halogens is 3. The molecule has 0 spiro atoms. The van der Waals surface area contributed by atoms with E-state index >= 15 is 0 Å². The number of carbonyl (C=O) groups is 1. The number of alkyl halides is 3. The van der Waals surface area contributed by atoms with Gasteiger partial charge in [0, 0.05) is 11.8 Å². The van der Waals surface area contributed by atoms with Gasteiger partial charge in [0.2, 0.25) is 5.75 Å². The minimum atomic E-state index is -5.21. The Balaban J connectivity index is 3.48. The molecule has 10 heteroatoms. The van der Waals surface area contributed by atoms with Gasteiger partial charge in [0.05, 0.1) is 11.5 Å². The molecule has 0 aliphatic rings. The quantitative estimate of drug-likeness (QED) is 0.481. The Bertz CT molecular complexity index is 544. The highest BCUT2D eigenvalue weighted by atomic mass is 19.4. The molecule has 0 bridgehead atoms. The molecule has 0 aromatic carbocycles. The van der Waals surface area contributed by atoms with Crippen molar-refractivity contribution in [3.8, 4) is 5.75 Å². The van der Waals surface area contributed by atoms with Crippen LogP contribution in [0, 0.1) is 17.0 Å². The molecule has 0 unspecified atom stereocenters. The van der Waals surface area contributed by atoms with Gasteiger partial charge in [-0.05, 0) is 13.8 Å². The summed E-state index contributed by atoms with van der Waals surface area (Å²) in [5.41, 5.74) is -2.07. The van der Waals surface area contributed by atoms with Crippen molar-refractivity contribution in [3.63, 3.8) is 0 Å². The topological polar surface area (TPSA) is 91.6 Å². The van der Waals surface area contributed by atoms with E-state index in [9.17, 15) is 28.1 Å². The molecule has 0 fully saturated rings. The summed E-state index contributed by atoms with van der Waals surface area (Å²) in [4.78, 5) is 24.7. The van der Waals surface area contributed by atoms with Crippen LogP contribution >= 0.6 is 0 Å². The maximum absolute atomic E-state index is 12.3. The third-order valence-electron chi connectivity index (χ3n) is 2.06. The van der Waals surface area contributed by atoms with Crippen LogP contribution in [-0.4, -0.2) is 28.8 Å². The second-order valence-electron chi connectivity index (χ2n) is 3.49. The Labute approximate surface area is 110 Å². The Hall–Kier alpha value is -2.39. The molecule has 0 aliphatic carbocycles. The van der Waals surface area contributed by atoms with Crippen LogP contribution in [0.4, 0.5) is 18.9 Å². The van der Waals surface area contributed by atoms with Crippen LogP contribution in [0.3, 0.4) is 0 Å². The number of ether oxygens (including phenoxy) is 2. The SMILES string of the molecule is CCOC(=O)c1ncc(C)c([N+](=O)[O-])c1OC(F)(F)F. The minimum Gasteiger partial charge on any atom is -0.461 e. The van der Waals surface area contributed by atoms with Crippen LogP contribution in [0.25, 0.3) is 0 Å². The molecular formula is C10H9F3N2O5. The van der Waals surface area contributed by atoms with Gasteiger partial charge in [0.25, 0.3) is 0 Å². The highest BCUT2D eigenvalue weighted by molar-refractivity contribution is 5.92. The number of hydrogen-bond acceptors (Lipinski definition) is 6. The average molecular weight is 294 g/mol. The zero-order chi connectivity index (χ0) is 15.5. The lowest BCUT2D eigenvalue weighted by molar-refractivity contribution is -0.389. The van der Waals surface area contributed by atoms with Crippen molar-refractivity contribution in [1.82, 2.24) is 4.98 Å². The standard InChI is InChI=1S/C10H9F3N2O5/c1-3-19-9(16)6-8(20-10(11,12)13)7(15(17)18)5(2)4-14-6/h4H,3H2,1-2H3. The van der Waals surface area contributed by atoms with Gasteiger partial charge in [0.15, 0.2) is 5.69 Å². The summed E-state index contributed by atoms with van der Waals surface area (Å²) in [6.07, 6.45) is -4.31. The summed E-state index contributed by atoms with van der Waals surface area (Å²) in [6.45, 7) is 2.46. The van der Waals surface area contributed by atoms with E-state index < -0.39 is 34.4 Å². The van der Waals surface area contributed by atoms with E-state index in [2.05, 4.69) is 14.5 Å². The van der Waals surface area contributed by atoms with E-state index in [0.717, 1.165) is 6.20 Å². The molecule has 1 aromatic rings. The number of hydrogen-bond donors (Lipinski definition) is 0. The first-order valence-electron chi connectivity index (χ1n) is 5.24. The van der Waals surface area contributed by atoms with Crippen molar-refractivity contribution in [2.75, 3.05) is 6.61 Å². The maximum atomic E-state index is 12.3. The molecule has 1 aromatic heterocycles. The van der Waals surface area contributed by atoms with Crippen molar-refractivity contribution < 1.29 is 32.4 Å². The van der Waals surface area contributed by atoms with Gasteiger partial charge in [-0.15, -0.1) is 13.2 Å². The van der Waals surface area contributed by atoms with Gasteiger partial charge in [-0.1, -0.05) is 0 Å². The first-order chi connectivity index (χ1) is 9.17. The lowest BCUT2D eigenvalue weighted by Crippen LogP contribution is -2.21. The van der Waals surface area contributed by atoms with E-state index in [1.807, 2.05) is 0 Å². The number of nitro groups is 1. The van der Waals surface area contributed by atoms with Crippen molar-refractivity contribution >= 4 is 11.7 Å².